The van der Waals surface area contributed by atoms with Crippen LogP contribution in [0.15, 0.2) is 24.3 Å². The first-order valence-electron chi connectivity index (χ1n) is 6.94. The number of ether oxygens (including phenoxy) is 1. The fraction of sp³-hybridized carbons (Fsp3) is 0.600. The number of benzene rings is 1. The van der Waals surface area contributed by atoms with Crippen molar-refractivity contribution < 1.29 is 4.74 Å². The second kappa shape index (κ2) is 6.88. The zero-order chi connectivity index (χ0) is 12.8. The standard InChI is InChI=1S/C15H24N2O/c1-2-18-15-9-14(10-15)17-11-13-5-3-12(4-6-13)7-8-16/h3-6,14-15,17H,2,7-11,16H2,1H3. The summed E-state index contributed by atoms with van der Waals surface area (Å²) >= 11 is 0. The molecule has 0 spiro atoms. The summed E-state index contributed by atoms with van der Waals surface area (Å²) < 4.78 is 5.55. The fourth-order valence-electron chi connectivity index (χ4n) is 2.36. The molecule has 2 rings (SSSR count). The van der Waals surface area contributed by atoms with Crippen molar-refractivity contribution in [3.05, 3.63) is 35.4 Å². The summed E-state index contributed by atoms with van der Waals surface area (Å²) in [5, 5.41) is 3.57. The molecule has 18 heavy (non-hydrogen) atoms. The van der Waals surface area contributed by atoms with Crippen LogP contribution in [0.4, 0.5) is 0 Å². The predicted octanol–water partition coefficient (Wildman–Crippen LogP) is 1.84. The van der Waals surface area contributed by atoms with Gasteiger partial charge in [-0.1, -0.05) is 24.3 Å². The summed E-state index contributed by atoms with van der Waals surface area (Å²) in [4.78, 5) is 0. The molecule has 1 aliphatic rings. The molecule has 3 heteroatoms. The minimum absolute atomic E-state index is 0.486. The molecule has 1 fully saturated rings. The van der Waals surface area contributed by atoms with Gasteiger partial charge in [0.05, 0.1) is 6.10 Å². The Hall–Kier alpha value is -0.900. The highest BCUT2D eigenvalue weighted by atomic mass is 16.5. The van der Waals surface area contributed by atoms with Crippen molar-refractivity contribution in [2.24, 2.45) is 5.73 Å². The lowest BCUT2D eigenvalue weighted by Gasteiger charge is -2.35. The highest BCUT2D eigenvalue weighted by Crippen LogP contribution is 2.23. The minimum atomic E-state index is 0.486. The normalized spacial score (nSPS) is 22.8. The largest absolute Gasteiger partial charge is 0.378 e. The highest BCUT2D eigenvalue weighted by molar-refractivity contribution is 5.22. The van der Waals surface area contributed by atoms with Crippen molar-refractivity contribution in [3.63, 3.8) is 0 Å². The summed E-state index contributed by atoms with van der Waals surface area (Å²) in [6.45, 7) is 4.56. The average Bonchev–Trinajstić information content (AvgIpc) is 2.34. The van der Waals surface area contributed by atoms with Gasteiger partial charge in [0, 0.05) is 19.2 Å². The van der Waals surface area contributed by atoms with E-state index >= 15 is 0 Å². The van der Waals surface area contributed by atoms with E-state index in [1.54, 1.807) is 0 Å². The molecule has 0 aliphatic heterocycles. The van der Waals surface area contributed by atoms with Gasteiger partial charge in [-0.25, -0.2) is 0 Å². The monoisotopic (exact) mass is 248 g/mol. The summed E-state index contributed by atoms with van der Waals surface area (Å²) in [6, 6.07) is 9.36. The zero-order valence-electron chi connectivity index (χ0n) is 11.2. The third-order valence-electron chi connectivity index (χ3n) is 3.55. The van der Waals surface area contributed by atoms with Gasteiger partial charge in [-0.3, -0.25) is 0 Å². The van der Waals surface area contributed by atoms with Crippen LogP contribution >= 0.6 is 0 Å². The smallest absolute Gasteiger partial charge is 0.0604 e. The Morgan fingerprint density at radius 3 is 2.50 bits per heavy atom. The molecular weight excluding hydrogens is 224 g/mol. The lowest BCUT2D eigenvalue weighted by atomic mass is 9.89. The molecule has 0 atom stereocenters. The van der Waals surface area contributed by atoms with Crippen LogP contribution in [-0.2, 0) is 17.7 Å². The molecule has 1 aromatic rings. The van der Waals surface area contributed by atoms with Gasteiger partial charge in [0.15, 0.2) is 0 Å². The van der Waals surface area contributed by atoms with E-state index < -0.39 is 0 Å². The van der Waals surface area contributed by atoms with E-state index in [9.17, 15) is 0 Å². The summed E-state index contributed by atoms with van der Waals surface area (Å²) in [7, 11) is 0. The van der Waals surface area contributed by atoms with Gasteiger partial charge >= 0.3 is 0 Å². The van der Waals surface area contributed by atoms with Gasteiger partial charge < -0.3 is 15.8 Å². The van der Waals surface area contributed by atoms with Crippen molar-refractivity contribution in [2.45, 2.75) is 44.9 Å². The molecule has 3 N–H and O–H groups in total. The molecule has 0 unspecified atom stereocenters. The van der Waals surface area contributed by atoms with Crippen LogP contribution in [0.5, 0.6) is 0 Å². The van der Waals surface area contributed by atoms with E-state index in [1.807, 2.05) is 0 Å². The van der Waals surface area contributed by atoms with Gasteiger partial charge in [0.1, 0.15) is 0 Å². The summed E-state index contributed by atoms with van der Waals surface area (Å²) in [5.74, 6) is 0. The lowest BCUT2D eigenvalue weighted by Crippen LogP contribution is -2.45. The number of rotatable bonds is 7. The van der Waals surface area contributed by atoms with E-state index in [-0.39, 0.29) is 0 Å². The molecule has 0 aromatic heterocycles. The number of hydrogen-bond acceptors (Lipinski definition) is 3. The quantitative estimate of drug-likeness (QED) is 0.774. The van der Waals surface area contributed by atoms with E-state index in [1.165, 1.54) is 11.1 Å². The lowest BCUT2D eigenvalue weighted by molar-refractivity contribution is -0.0102. The Labute approximate surface area is 110 Å². The van der Waals surface area contributed by atoms with E-state index in [2.05, 4.69) is 36.5 Å². The predicted molar refractivity (Wildman–Crippen MR) is 74.5 cm³/mol. The second-order valence-electron chi connectivity index (χ2n) is 4.98. The highest BCUT2D eigenvalue weighted by Gasteiger charge is 2.28. The Morgan fingerprint density at radius 2 is 1.89 bits per heavy atom. The SMILES string of the molecule is CCOC1CC(NCc2ccc(CCN)cc2)C1. The molecule has 0 heterocycles. The molecule has 3 nitrogen and oxygen atoms in total. The van der Waals surface area contributed by atoms with E-state index in [0.717, 1.165) is 39.0 Å². The fourth-order valence-corrected chi connectivity index (χ4v) is 2.36. The molecule has 1 saturated carbocycles. The van der Waals surface area contributed by atoms with Crippen molar-refractivity contribution in [2.75, 3.05) is 13.2 Å². The molecule has 0 amide bonds. The van der Waals surface area contributed by atoms with E-state index in [0.29, 0.717) is 12.1 Å². The van der Waals surface area contributed by atoms with Crippen molar-refractivity contribution in [1.82, 2.24) is 5.32 Å². The number of hydrogen-bond donors (Lipinski definition) is 2. The third kappa shape index (κ3) is 3.80. The van der Waals surface area contributed by atoms with Gasteiger partial charge in [-0.05, 0) is 43.9 Å². The van der Waals surface area contributed by atoms with E-state index in [4.69, 9.17) is 10.5 Å². The first-order valence-corrected chi connectivity index (χ1v) is 6.94. The van der Waals surface area contributed by atoms with Crippen molar-refractivity contribution >= 4 is 0 Å². The Balaban J connectivity index is 1.68. The Morgan fingerprint density at radius 1 is 1.22 bits per heavy atom. The van der Waals surface area contributed by atoms with Crippen molar-refractivity contribution in [3.8, 4) is 0 Å². The minimum Gasteiger partial charge on any atom is -0.378 e. The van der Waals surface area contributed by atoms with Crippen LogP contribution in [-0.4, -0.2) is 25.3 Å². The van der Waals surface area contributed by atoms with Crippen LogP contribution in [0.1, 0.15) is 30.9 Å². The first kappa shape index (κ1) is 13.5. The van der Waals surface area contributed by atoms with Crippen LogP contribution in [0.3, 0.4) is 0 Å². The molecule has 0 radical (unpaired) electrons. The summed E-state index contributed by atoms with van der Waals surface area (Å²) in [5.41, 5.74) is 8.20. The van der Waals surface area contributed by atoms with Gasteiger partial charge in [-0.15, -0.1) is 0 Å². The molecule has 100 valence electrons. The maximum atomic E-state index is 5.55. The molecule has 0 saturated heterocycles. The number of nitrogens with one attached hydrogen (secondary N) is 1. The van der Waals surface area contributed by atoms with Crippen LogP contribution in [0.2, 0.25) is 0 Å². The van der Waals surface area contributed by atoms with Gasteiger partial charge in [0.25, 0.3) is 0 Å². The molecule has 1 aromatic carbocycles. The Kier molecular flexibility index (Phi) is 5.17. The average molecular weight is 248 g/mol. The van der Waals surface area contributed by atoms with Crippen LogP contribution < -0.4 is 11.1 Å². The molecule has 0 bridgehead atoms. The Bertz CT molecular complexity index is 344. The maximum absolute atomic E-state index is 5.55. The second-order valence-corrected chi connectivity index (χ2v) is 4.98. The van der Waals surface area contributed by atoms with Crippen LogP contribution in [0, 0.1) is 0 Å². The van der Waals surface area contributed by atoms with Gasteiger partial charge in [-0.2, -0.15) is 0 Å². The van der Waals surface area contributed by atoms with Crippen molar-refractivity contribution in [1.29, 1.82) is 0 Å². The topological polar surface area (TPSA) is 47.3 Å². The molecular formula is C15H24N2O. The van der Waals surface area contributed by atoms with Crippen LogP contribution in [0.25, 0.3) is 0 Å². The van der Waals surface area contributed by atoms with Gasteiger partial charge in [0.2, 0.25) is 0 Å². The first-order chi connectivity index (χ1) is 8.81. The third-order valence-corrected chi connectivity index (χ3v) is 3.55. The number of nitrogens with two attached hydrogens (primary N) is 1. The maximum Gasteiger partial charge on any atom is 0.0604 e. The summed E-state index contributed by atoms with van der Waals surface area (Å²) in [6.07, 6.45) is 3.75. The molecule has 1 aliphatic carbocycles. The zero-order valence-corrected chi connectivity index (χ0v) is 11.2.